The third kappa shape index (κ3) is 2.57. The number of pyridine rings is 1. The minimum Gasteiger partial charge on any atom is -0.370 e. The molecule has 81 valence electrons. The maximum absolute atomic E-state index is 10.6. The summed E-state index contributed by atoms with van der Waals surface area (Å²) >= 11 is 0. The van der Waals surface area contributed by atoms with Crippen molar-refractivity contribution in [3.8, 4) is 0 Å². The van der Waals surface area contributed by atoms with Crippen LogP contribution in [0.25, 0.3) is 10.9 Å². The van der Waals surface area contributed by atoms with Gasteiger partial charge in [0.1, 0.15) is 0 Å². The average Bonchev–Trinajstić information content (AvgIpc) is 2.28. The summed E-state index contributed by atoms with van der Waals surface area (Å²) in [4.78, 5) is 15.1. The van der Waals surface area contributed by atoms with Crippen molar-refractivity contribution in [2.45, 2.75) is 12.8 Å². The van der Waals surface area contributed by atoms with Gasteiger partial charge < -0.3 is 5.73 Å². The van der Waals surface area contributed by atoms with Gasteiger partial charge in [0.05, 0.1) is 5.52 Å². The number of hydrogen-bond donors (Lipinski definition) is 1. The maximum atomic E-state index is 10.6. The molecule has 0 aliphatic rings. The van der Waals surface area contributed by atoms with E-state index in [1.807, 2.05) is 42.8 Å². The van der Waals surface area contributed by atoms with Crippen LogP contribution in [0.1, 0.15) is 12.1 Å². The first-order valence-electron chi connectivity index (χ1n) is 5.20. The molecule has 0 aliphatic carbocycles. The first-order valence-corrected chi connectivity index (χ1v) is 5.20. The van der Waals surface area contributed by atoms with Gasteiger partial charge in [-0.3, -0.25) is 9.78 Å². The summed E-state index contributed by atoms with van der Waals surface area (Å²) in [6.07, 6.45) is 2.82. The molecule has 1 aromatic carbocycles. The first kappa shape index (κ1) is 10.6. The Morgan fingerprint density at radius 2 is 2.06 bits per heavy atom. The molecular formula is C13H13N2O. The Bertz CT molecular complexity index is 508. The number of para-hydroxylation sites is 1. The van der Waals surface area contributed by atoms with Crippen LogP contribution < -0.4 is 5.73 Å². The molecule has 0 bridgehead atoms. The summed E-state index contributed by atoms with van der Waals surface area (Å²) in [5, 5.41) is 1.13. The Morgan fingerprint density at radius 3 is 2.88 bits per heavy atom. The minimum absolute atomic E-state index is 0.300. The number of primary amides is 1. The predicted octanol–water partition coefficient (Wildman–Crippen LogP) is 1.86. The highest BCUT2D eigenvalue weighted by molar-refractivity contribution is 5.78. The average molecular weight is 213 g/mol. The number of nitrogens with zero attached hydrogens (tertiary/aromatic N) is 1. The standard InChI is InChI=1S/C13H13N2O/c14-13(16)7-3-5-11-9-8-10-4-1-2-6-12(10)15-11/h1-4,6,8-9H,5,7H2,(H2,14,16). The summed E-state index contributed by atoms with van der Waals surface area (Å²) in [6.45, 7) is 0. The van der Waals surface area contributed by atoms with Crippen molar-refractivity contribution in [3.05, 3.63) is 48.5 Å². The molecule has 1 radical (unpaired) electrons. The monoisotopic (exact) mass is 213 g/mol. The number of nitrogens with two attached hydrogens (primary N) is 1. The molecule has 2 rings (SSSR count). The van der Waals surface area contributed by atoms with Crippen LogP contribution in [0, 0.1) is 6.42 Å². The summed E-state index contributed by atoms with van der Waals surface area (Å²) in [5.41, 5.74) is 6.99. The molecule has 0 aliphatic heterocycles. The third-order valence-corrected chi connectivity index (χ3v) is 2.36. The van der Waals surface area contributed by atoms with Crippen LogP contribution in [0.15, 0.2) is 36.4 Å². The van der Waals surface area contributed by atoms with Crippen molar-refractivity contribution < 1.29 is 4.79 Å². The highest BCUT2D eigenvalue weighted by Crippen LogP contribution is 2.12. The van der Waals surface area contributed by atoms with Gasteiger partial charge in [-0.25, -0.2) is 0 Å². The van der Waals surface area contributed by atoms with E-state index in [1.54, 1.807) is 0 Å². The lowest BCUT2D eigenvalue weighted by Gasteiger charge is -2.01. The van der Waals surface area contributed by atoms with E-state index in [1.165, 1.54) is 0 Å². The molecule has 3 nitrogen and oxygen atoms in total. The summed E-state index contributed by atoms with van der Waals surface area (Å²) in [6, 6.07) is 12.0. The summed E-state index contributed by atoms with van der Waals surface area (Å²) in [5.74, 6) is -0.305. The fourth-order valence-corrected chi connectivity index (χ4v) is 1.58. The van der Waals surface area contributed by atoms with Gasteiger partial charge in [0.15, 0.2) is 0 Å². The van der Waals surface area contributed by atoms with E-state index in [2.05, 4.69) is 4.98 Å². The molecular weight excluding hydrogens is 200 g/mol. The number of carbonyl (C=O) groups excluding carboxylic acids is 1. The third-order valence-electron chi connectivity index (χ3n) is 2.36. The minimum atomic E-state index is -0.305. The number of aromatic nitrogens is 1. The van der Waals surface area contributed by atoms with Gasteiger partial charge in [-0.05, 0) is 25.0 Å². The van der Waals surface area contributed by atoms with E-state index in [4.69, 9.17) is 5.73 Å². The summed E-state index contributed by atoms with van der Waals surface area (Å²) < 4.78 is 0. The molecule has 0 saturated carbocycles. The smallest absolute Gasteiger partial charge is 0.217 e. The van der Waals surface area contributed by atoms with Crippen LogP contribution in [0.5, 0.6) is 0 Å². The number of amides is 1. The van der Waals surface area contributed by atoms with Gasteiger partial charge in [0, 0.05) is 17.5 Å². The second-order valence-electron chi connectivity index (χ2n) is 3.66. The zero-order chi connectivity index (χ0) is 11.4. The van der Waals surface area contributed by atoms with Gasteiger partial charge in [0.25, 0.3) is 0 Å². The van der Waals surface area contributed by atoms with E-state index in [-0.39, 0.29) is 5.91 Å². The van der Waals surface area contributed by atoms with E-state index in [0.717, 1.165) is 16.6 Å². The van der Waals surface area contributed by atoms with Crippen LogP contribution in [0.4, 0.5) is 0 Å². The van der Waals surface area contributed by atoms with Crippen molar-refractivity contribution in [1.29, 1.82) is 0 Å². The second-order valence-corrected chi connectivity index (χ2v) is 3.66. The molecule has 0 unspecified atom stereocenters. The Balaban J connectivity index is 2.10. The number of carbonyl (C=O) groups is 1. The van der Waals surface area contributed by atoms with E-state index < -0.39 is 0 Å². The van der Waals surface area contributed by atoms with Crippen LogP contribution in [-0.4, -0.2) is 10.9 Å². The number of fused-ring (bicyclic) bond motifs is 1. The lowest BCUT2D eigenvalue weighted by Crippen LogP contribution is -2.10. The molecule has 1 amide bonds. The highest BCUT2D eigenvalue weighted by atomic mass is 16.1. The quantitative estimate of drug-likeness (QED) is 0.842. The lowest BCUT2D eigenvalue weighted by atomic mass is 10.1. The molecule has 0 spiro atoms. The lowest BCUT2D eigenvalue weighted by molar-refractivity contribution is -0.117. The zero-order valence-corrected chi connectivity index (χ0v) is 8.89. The van der Waals surface area contributed by atoms with Crippen LogP contribution in [-0.2, 0) is 11.2 Å². The van der Waals surface area contributed by atoms with E-state index in [9.17, 15) is 4.79 Å². The van der Waals surface area contributed by atoms with Crippen molar-refractivity contribution in [3.63, 3.8) is 0 Å². The Hall–Kier alpha value is -1.90. The highest BCUT2D eigenvalue weighted by Gasteiger charge is 2.00. The van der Waals surface area contributed by atoms with E-state index >= 15 is 0 Å². The SMILES string of the molecule is NC(=O)C[CH]Cc1ccc2ccccc2n1. The van der Waals surface area contributed by atoms with E-state index in [0.29, 0.717) is 12.8 Å². The molecule has 16 heavy (non-hydrogen) atoms. The second kappa shape index (κ2) is 4.75. The molecule has 2 aromatic rings. The zero-order valence-electron chi connectivity index (χ0n) is 8.89. The normalized spacial score (nSPS) is 10.5. The van der Waals surface area contributed by atoms with Crippen molar-refractivity contribution in [2.24, 2.45) is 5.73 Å². The van der Waals surface area contributed by atoms with Gasteiger partial charge >= 0.3 is 0 Å². The molecule has 0 saturated heterocycles. The maximum Gasteiger partial charge on any atom is 0.217 e. The van der Waals surface area contributed by atoms with Gasteiger partial charge in [-0.15, -0.1) is 0 Å². The Kier molecular flexibility index (Phi) is 3.15. The summed E-state index contributed by atoms with van der Waals surface area (Å²) in [7, 11) is 0. The fourth-order valence-electron chi connectivity index (χ4n) is 1.58. The largest absolute Gasteiger partial charge is 0.370 e. The Labute approximate surface area is 94.3 Å². The van der Waals surface area contributed by atoms with Crippen LogP contribution in [0.2, 0.25) is 0 Å². The molecule has 1 aromatic heterocycles. The first-order chi connectivity index (χ1) is 7.75. The van der Waals surface area contributed by atoms with Crippen LogP contribution in [0.3, 0.4) is 0 Å². The molecule has 0 atom stereocenters. The number of benzene rings is 1. The van der Waals surface area contributed by atoms with Crippen molar-refractivity contribution >= 4 is 16.8 Å². The van der Waals surface area contributed by atoms with Gasteiger partial charge in [-0.1, -0.05) is 24.3 Å². The molecule has 2 N–H and O–H groups in total. The van der Waals surface area contributed by atoms with Crippen molar-refractivity contribution in [1.82, 2.24) is 4.98 Å². The van der Waals surface area contributed by atoms with Gasteiger partial charge in [0.2, 0.25) is 5.91 Å². The fraction of sp³-hybridized carbons (Fsp3) is 0.154. The number of hydrogen-bond acceptors (Lipinski definition) is 2. The number of rotatable bonds is 4. The Morgan fingerprint density at radius 1 is 1.25 bits per heavy atom. The molecule has 0 fully saturated rings. The molecule has 3 heteroatoms. The predicted molar refractivity (Wildman–Crippen MR) is 63.6 cm³/mol. The van der Waals surface area contributed by atoms with Crippen LogP contribution >= 0.6 is 0 Å². The van der Waals surface area contributed by atoms with Crippen molar-refractivity contribution in [2.75, 3.05) is 0 Å². The van der Waals surface area contributed by atoms with Gasteiger partial charge in [-0.2, -0.15) is 0 Å². The topological polar surface area (TPSA) is 56.0 Å². The molecule has 1 heterocycles.